The summed E-state index contributed by atoms with van der Waals surface area (Å²) in [6, 6.07) is 8.44. The normalized spacial score (nSPS) is 20.9. The lowest BCUT2D eigenvalue weighted by atomic mass is 9.98. The Bertz CT molecular complexity index is 596. The number of nitrogens with one attached hydrogen (secondary N) is 1. The van der Waals surface area contributed by atoms with Gasteiger partial charge in [0.25, 0.3) is 0 Å². The van der Waals surface area contributed by atoms with Crippen molar-refractivity contribution in [2.24, 2.45) is 5.41 Å². The zero-order chi connectivity index (χ0) is 12.9. The summed E-state index contributed by atoms with van der Waals surface area (Å²) in [4.78, 5) is 0. The largest absolute Gasteiger partial charge is 0.382 e. The number of nitrogens with two attached hydrogens (primary N) is 1. The van der Waals surface area contributed by atoms with Gasteiger partial charge in [-0.05, 0) is 24.3 Å². The summed E-state index contributed by atoms with van der Waals surface area (Å²) in [5.74, 6) is 1.16. The molecule has 0 bridgehead atoms. The lowest BCUT2D eigenvalue weighted by molar-refractivity contribution is 0.615. The molecule has 3 rings (SSSR count). The van der Waals surface area contributed by atoms with E-state index in [2.05, 4.69) is 55.2 Å². The Balaban J connectivity index is 2.09. The van der Waals surface area contributed by atoms with Crippen molar-refractivity contribution in [2.75, 3.05) is 5.73 Å². The lowest BCUT2D eigenvalue weighted by Gasteiger charge is -2.07. The smallest absolute Gasteiger partial charge is 0.153 e. The molecule has 1 aliphatic rings. The van der Waals surface area contributed by atoms with E-state index in [1.54, 1.807) is 0 Å². The number of nitrogens with zero attached hydrogens (tertiary/aromatic N) is 1. The second-order valence-electron chi connectivity index (χ2n) is 6.01. The number of anilines is 1. The summed E-state index contributed by atoms with van der Waals surface area (Å²) in [6.07, 6.45) is 1.20. The van der Waals surface area contributed by atoms with Crippen LogP contribution in [0.5, 0.6) is 0 Å². The molecule has 3 nitrogen and oxygen atoms in total. The van der Waals surface area contributed by atoms with Crippen LogP contribution in [0.15, 0.2) is 24.3 Å². The van der Waals surface area contributed by atoms with Crippen LogP contribution in [0.1, 0.15) is 37.4 Å². The van der Waals surface area contributed by atoms with Gasteiger partial charge in [-0.2, -0.15) is 5.10 Å². The second kappa shape index (κ2) is 3.61. The summed E-state index contributed by atoms with van der Waals surface area (Å²) in [5.41, 5.74) is 11.1. The molecular weight excluding hydrogens is 222 g/mol. The Morgan fingerprint density at radius 3 is 2.72 bits per heavy atom. The molecule has 1 unspecified atom stereocenters. The first-order valence-electron chi connectivity index (χ1n) is 6.40. The maximum atomic E-state index is 6.04. The molecule has 18 heavy (non-hydrogen) atoms. The predicted octanol–water partition coefficient (Wildman–Crippen LogP) is 3.48. The summed E-state index contributed by atoms with van der Waals surface area (Å²) in [6.45, 7) is 6.67. The highest BCUT2D eigenvalue weighted by atomic mass is 15.2. The summed E-state index contributed by atoms with van der Waals surface area (Å²) in [7, 11) is 0. The van der Waals surface area contributed by atoms with Gasteiger partial charge in [-0.15, -0.1) is 0 Å². The van der Waals surface area contributed by atoms with Gasteiger partial charge in [-0.25, -0.2) is 0 Å². The van der Waals surface area contributed by atoms with Gasteiger partial charge in [-0.1, -0.05) is 43.7 Å². The van der Waals surface area contributed by atoms with Gasteiger partial charge < -0.3 is 5.73 Å². The molecule has 0 spiro atoms. The van der Waals surface area contributed by atoms with Crippen LogP contribution in [0.25, 0.3) is 11.1 Å². The molecule has 1 heterocycles. The average Bonchev–Trinajstić information content (AvgIpc) is 2.77. The van der Waals surface area contributed by atoms with Gasteiger partial charge in [0, 0.05) is 17.2 Å². The fraction of sp³-hybridized carbons (Fsp3) is 0.400. The highest BCUT2D eigenvalue weighted by Gasteiger charge is 2.48. The van der Waals surface area contributed by atoms with Crippen LogP contribution in [-0.2, 0) is 0 Å². The van der Waals surface area contributed by atoms with E-state index in [1.165, 1.54) is 23.2 Å². The third kappa shape index (κ3) is 1.70. The molecule has 2 aromatic rings. The Labute approximate surface area is 107 Å². The highest BCUT2D eigenvalue weighted by Crippen LogP contribution is 2.60. The standard InChI is InChI=1S/C15H19N3/c1-9-5-4-6-10(7-9)12-13(17-18-14(12)16)11-8-15(11,2)3/h4-7,11H,8H2,1-3H3,(H3,16,17,18). The molecule has 3 N–H and O–H groups in total. The van der Waals surface area contributed by atoms with Crippen molar-refractivity contribution >= 4 is 5.82 Å². The minimum absolute atomic E-state index is 0.373. The molecule has 3 heteroatoms. The van der Waals surface area contributed by atoms with E-state index in [1.807, 2.05) is 0 Å². The Morgan fingerprint density at radius 2 is 2.11 bits per heavy atom. The molecule has 1 aliphatic carbocycles. The number of aryl methyl sites for hydroxylation is 1. The number of hydrogen-bond acceptors (Lipinski definition) is 2. The number of nitrogen functional groups attached to an aromatic ring is 1. The van der Waals surface area contributed by atoms with Gasteiger partial charge in [0.05, 0.1) is 0 Å². The first-order chi connectivity index (χ1) is 8.49. The monoisotopic (exact) mass is 241 g/mol. The molecule has 1 atom stereocenters. The molecular formula is C15H19N3. The third-order valence-corrected chi connectivity index (χ3v) is 3.99. The molecule has 1 aromatic heterocycles. The van der Waals surface area contributed by atoms with E-state index in [-0.39, 0.29) is 0 Å². The molecule has 0 saturated heterocycles. The van der Waals surface area contributed by atoms with E-state index in [0.717, 1.165) is 5.56 Å². The van der Waals surface area contributed by atoms with E-state index in [4.69, 9.17) is 5.73 Å². The van der Waals surface area contributed by atoms with Crippen molar-refractivity contribution in [2.45, 2.75) is 33.1 Å². The van der Waals surface area contributed by atoms with Crippen molar-refractivity contribution in [1.82, 2.24) is 10.2 Å². The molecule has 94 valence electrons. The molecule has 1 fully saturated rings. The SMILES string of the molecule is Cc1cccc(-c2c(N)n[nH]c2C2CC2(C)C)c1. The van der Waals surface area contributed by atoms with E-state index in [0.29, 0.717) is 17.2 Å². The molecule has 0 aliphatic heterocycles. The summed E-state index contributed by atoms with van der Waals surface area (Å²) in [5, 5.41) is 7.34. The predicted molar refractivity (Wildman–Crippen MR) is 74.3 cm³/mol. The second-order valence-corrected chi connectivity index (χ2v) is 6.01. The number of benzene rings is 1. The van der Waals surface area contributed by atoms with Crippen LogP contribution >= 0.6 is 0 Å². The third-order valence-electron chi connectivity index (χ3n) is 3.99. The van der Waals surface area contributed by atoms with Crippen LogP contribution in [-0.4, -0.2) is 10.2 Å². The van der Waals surface area contributed by atoms with Crippen molar-refractivity contribution < 1.29 is 0 Å². The molecule has 0 radical (unpaired) electrons. The van der Waals surface area contributed by atoms with Crippen LogP contribution < -0.4 is 5.73 Å². The topological polar surface area (TPSA) is 54.7 Å². The van der Waals surface area contributed by atoms with Gasteiger partial charge >= 0.3 is 0 Å². The number of hydrogen-bond donors (Lipinski definition) is 2. The lowest BCUT2D eigenvalue weighted by Crippen LogP contribution is -1.94. The fourth-order valence-corrected chi connectivity index (χ4v) is 2.69. The van der Waals surface area contributed by atoms with E-state index >= 15 is 0 Å². The van der Waals surface area contributed by atoms with Crippen molar-refractivity contribution in [1.29, 1.82) is 0 Å². The first-order valence-corrected chi connectivity index (χ1v) is 6.40. The Hall–Kier alpha value is -1.77. The van der Waals surface area contributed by atoms with Gasteiger partial charge in [0.1, 0.15) is 0 Å². The Kier molecular flexibility index (Phi) is 2.27. The molecule has 1 saturated carbocycles. The first kappa shape index (κ1) is 11.3. The molecule has 1 aromatic carbocycles. The van der Waals surface area contributed by atoms with Crippen LogP contribution in [0.3, 0.4) is 0 Å². The van der Waals surface area contributed by atoms with Crippen LogP contribution in [0.2, 0.25) is 0 Å². The summed E-state index contributed by atoms with van der Waals surface area (Å²) < 4.78 is 0. The maximum absolute atomic E-state index is 6.04. The fourth-order valence-electron chi connectivity index (χ4n) is 2.69. The van der Waals surface area contributed by atoms with Gasteiger partial charge in [0.2, 0.25) is 0 Å². The van der Waals surface area contributed by atoms with Crippen LogP contribution in [0.4, 0.5) is 5.82 Å². The average molecular weight is 241 g/mol. The minimum Gasteiger partial charge on any atom is -0.382 e. The number of aromatic amines is 1. The van der Waals surface area contributed by atoms with Crippen molar-refractivity contribution in [3.8, 4) is 11.1 Å². The summed E-state index contributed by atoms with van der Waals surface area (Å²) >= 11 is 0. The van der Waals surface area contributed by atoms with E-state index < -0.39 is 0 Å². The van der Waals surface area contributed by atoms with Gasteiger partial charge in [0.15, 0.2) is 5.82 Å². The molecule has 0 amide bonds. The number of aromatic nitrogens is 2. The van der Waals surface area contributed by atoms with Gasteiger partial charge in [-0.3, -0.25) is 5.10 Å². The number of H-pyrrole nitrogens is 1. The highest BCUT2D eigenvalue weighted by molar-refractivity contribution is 5.77. The zero-order valence-corrected chi connectivity index (χ0v) is 11.1. The zero-order valence-electron chi connectivity index (χ0n) is 11.1. The van der Waals surface area contributed by atoms with Crippen molar-refractivity contribution in [3.63, 3.8) is 0 Å². The maximum Gasteiger partial charge on any atom is 0.153 e. The Morgan fingerprint density at radius 1 is 1.39 bits per heavy atom. The van der Waals surface area contributed by atoms with Crippen molar-refractivity contribution in [3.05, 3.63) is 35.5 Å². The quantitative estimate of drug-likeness (QED) is 0.845. The van der Waals surface area contributed by atoms with E-state index in [9.17, 15) is 0 Å². The van der Waals surface area contributed by atoms with Crippen LogP contribution in [0, 0.1) is 12.3 Å². The number of rotatable bonds is 2. The minimum atomic E-state index is 0.373.